The van der Waals surface area contributed by atoms with Crippen LogP contribution in [0, 0.1) is 5.82 Å². The molecule has 0 spiro atoms. The minimum Gasteiger partial charge on any atom is -0.497 e. The maximum atomic E-state index is 13.1. The summed E-state index contributed by atoms with van der Waals surface area (Å²) in [7, 11) is -0.937. The number of nitrogens with zero attached hydrogens (tertiary/aromatic N) is 2. The van der Waals surface area contributed by atoms with E-state index in [1.807, 2.05) is 0 Å². The molecule has 2 amide bonds. The van der Waals surface area contributed by atoms with E-state index in [0.29, 0.717) is 31.1 Å². The van der Waals surface area contributed by atoms with E-state index < -0.39 is 10.0 Å². The van der Waals surface area contributed by atoms with Crippen LogP contribution in [0.25, 0.3) is 0 Å². The number of carbonyl (C=O) groups excluding carboxylic acids is 1. The molecule has 33 heavy (non-hydrogen) atoms. The summed E-state index contributed by atoms with van der Waals surface area (Å²) in [6.45, 7) is 1.65. The van der Waals surface area contributed by atoms with Crippen LogP contribution in [0.3, 0.4) is 0 Å². The molecule has 0 radical (unpaired) electrons. The highest BCUT2D eigenvalue weighted by atomic mass is 32.2. The second kappa shape index (κ2) is 11.2. The Hall–Kier alpha value is -3.05. The van der Waals surface area contributed by atoms with E-state index in [1.165, 1.54) is 36.7 Å². The number of carbonyl (C=O) groups is 1. The molecule has 0 aromatic heterocycles. The second-order valence-electron chi connectivity index (χ2n) is 7.30. The standard InChI is InChI=1S/C22H28FN3O6S/c1-30-19-8-9-20(31-2)21(16-19)33(28,29)26-13-11-25(12-14-26)22(27)24-10-3-15-32-18-6-4-17(23)5-7-18/h4-9,16H,3,10-15H2,1-2H3,(H,24,27). The van der Waals surface area contributed by atoms with Crippen molar-refractivity contribution in [3.63, 3.8) is 0 Å². The van der Waals surface area contributed by atoms with Gasteiger partial charge < -0.3 is 24.4 Å². The summed E-state index contributed by atoms with van der Waals surface area (Å²) in [5, 5.41) is 2.81. The van der Waals surface area contributed by atoms with Crippen molar-refractivity contribution in [1.82, 2.24) is 14.5 Å². The van der Waals surface area contributed by atoms with Crippen molar-refractivity contribution in [1.29, 1.82) is 0 Å². The van der Waals surface area contributed by atoms with Gasteiger partial charge in [0.1, 0.15) is 28.0 Å². The zero-order valence-corrected chi connectivity index (χ0v) is 19.4. The van der Waals surface area contributed by atoms with Gasteiger partial charge in [0.2, 0.25) is 10.0 Å². The molecule has 1 aliphatic rings. The highest BCUT2D eigenvalue weighted by Crippen LogP contribution is 2.31. The fraction of sp³-hybridized carbons (Fsp3) is 0.409. The number of methoxy groups -OCH3 is 2. The van der Waals surface area contributed by atoms with Crippen molar-refractivity contribution in [3.8, 4) is 17.2 Å². The maximum absolute atomic E-state index is 13.1. The minimum absolute atomic E-state index is 0.0309. The van der Waals surface area contributed by atoms with Gasteiger partial charge in [0.25, 0.3) is 0 Å². The summed E-state index contributed by atoms with van der Waals surface area (Å²) in [6.07, 6.45) is 0.576. The lowest BCUT2D eigenvalue weighted by molar-refractivity contribution is 0.171. The average molecular weight is 482 g/mol. The number of sulfonamides is 1. The van der Waals surface area contributed by atoms with Crippen molar-refractivity contribution in [2.45, 2.75) is 11.3 Å². The van der Waals surface area contributed by atoms with Gasteiger partial charge in [-0.1, -0.05) is 0 Å². The first-order valence-corrected chi connectivity index (χ1v) is 11.9. The summed E-state index contributed by atoms with van der Waals surface area (Å²) in [5.74, 6) is 0.882. The zero-order valence-electron chi connectivity index (χ0n) is 18.6. The van der Waals surface area contributed by atoms with Gasteiger partial charge in [-0.2, -0.15) is 4.31 Å². The van der Waals surface area contributed by atoms with Crippen LogP contribution < -0.4 is 19.5 Å². The van der Waals surface area contributed by atoms with E-state index in [9.17, 15) is 17.6 Å². The van der Waals surface area contributed by atoms with E-state index in [-0.39, 0.29) is 48.7 Å². The number of hydrogen-bond donors (Lipinski definition) is 1. The first-order valence-electron chi connectivity index (χ1n) is 10.5. The number of nitrogens with one attached hydrogen (secondary N) is 1. The van der Waals surface area contributed by atoms with Crippen LogP contribution in [0.1, 0.15) is 6.42 Å². The van der Waals surface area contributed by atoms with E-state index >= 15 is 0 Å². The van der Waals surface area contributed by atoms with Gasteiger partial charge in [0, 0.05) is 38.8 Å². The third kappa shape index (κ3) is 6.26. The largest absolute Gasteiger partial charge is 0.497 e. The summed E-state index contributed by atoms with van der Waals surface area (Å²) >= 11 is 0. The van der Waals surface area contributed by atoms with Crippen molar-refractivity contribution >= 4 is 16.1 Å². The Morgan fingerprint density at radius 2 is 1.67 bits per heavy atom. The smallest absolute Gasteiger partial charge is 0.317 e. The Morgan fingerprint density at radius 3 is 2.30 bits per heavy atom. The second-order valence-corrected chi connectivity index (χ2v) is 9.20. The fourth-order valence-electron chi connectivity index (χ4n) is 3.36. The Balaban J connectivity index is 1.46. The third-order valence-corrected chi connectivity index (χ3v) is 7.11. The number of hydrogen-bond acceptors (Lipinski definition) is 6. The average Bonchev–Trinajstić information content (AvgIpc) is 2.84. The van der Waals surface area contributed by atoms with Crippen LogP contribution in [0.5, 0.6) is 17.2 Å². The molecule has 1 fully saturated rings. The molecule has 11 heteroatoms. The van der Waals surface area contributed by atoms with Crippen molar-refractivity contribution < 1.29 is 31.8 Å². The molecule has 0 bridgehead atoms. The predicted molar refractivity (Wildman–Crippen MR) is 120 cm³/mol. The molecule has 1 N–H and O–H groups in total. The van der Waals surface area contributed by atoms with Gasteiger partial charge in [-0.05, 0) is 42.8 Å². The normalized spacial score (nSPS) is 14.6. The number of amides is 2. The molecule has 9 nitrogen and oxygen atoms in total. The number of benzene rings is 2. The van der Waals surface area contributed by atoms with Gasteiger partial charge in [-0.15, -0.1) is 0 Å². The maximum Gasteiger partial charge on any atom is 0.317 e. The number of rotatable bonds is 9. The SMILES string of the molecule is COc1ccc(OC)c(S(=O)(=O)N2CCN(C(=O)NCCCOc3ccc(F)cc3)CC2)c1. The molecule has 2 aromatic rings. The first-order chi connectivity index (χ1) is 15.8. The summed E-state index contributed by atoms with van der Waals surface area (Å²) in [6, 6.07) is 10.1. The molecule has 0 saturated carbocycles. The quantitative estimate of drug-likeness (QED) is 0.552. The topological polar surface area (TPSA) is 97.4 Å². The van der Waals surface area contributed by atoms with E-state index in [0.717, 1.165) is 0 Å². The van der Waals surface area contributed by atoms with E-state index in [1.54, 1.807) is 29.2 Å². The third-order valence-electron chi connectivity index (χ3n) is 5.19. The highest BCUT2D eigenvalue weighted by Gasteiger charge is 2.32. The number of ether oxygens (including phenoxy) is 3. The Labute approximate surface area is 193 Å². The molecule has 180 valence electrons. The molecular formula is C22H28FN3O6S. The van der Waals surface area contributed by atoms with Crippen LogP contribution in [0.15, 0.2) is 47.4 Å². The highest BCUT2D eigenvalue weighted by molar-refractivity contribution is 7.89. The minimum atomic E-state index is -3.81. The van der Waals surface area contributed by atoms with Crippen LogP contribution in [-0.4, -0.2) is 77.2 Å². The fourth-order valence-corrected chi connectivity index (χ4v) is 4.95. The lowest BCUT2D eigenvalue weighted by Gasteiger charge is -2.34. The molecule has 3 rings (SSSR count). The van der Waals surface area contributed by atoms with E-state index in [4.69, 9.17) is 14.2 Å². The Bertz CT molecular complexity index is 1040. The summed E-state index contributed by atoms with van der Waals surface area (Å²) < 4.78 is 56.3. The molecule has 0 aliphatic carbocycles. The van der Waals surface area contributed by atoms with Crippen molar-refractivity contribution in [2.75, 3.05) is 53.6 Å². The van der Waals surface area contributed by atoms with Crippen LogP contribution in [0.2, 0.25) is 0 Å². The molecule has 1 saturated heterocycles. The van der Waals surface area contributed by atoms with Crippen LogP contribution in [0.4, 0.5) is 9.18 Å². The number of piperazine rings is 1. The number of urea groups is 1. The van der Waals surface area contributed by atoms with Gasteiger partial charge in [-0.3, -0.25) is 0 Å². The number of halogens is 1. The molecular weight excluding hydrogens is 453 g/mol. The lowest BCUT2D eigenvalue weighted by Crippen LogP contribution is -2.53. The summed E-state index contributed by atoms with van der Waals surface area (Å²) in [4.78, 5) is 14.0. The zero-order chi connectivity index (χ0) is 23.8. The Kier molecular flexibility index (Phi) is 8.34. The van der Waals surface area contributed by atoms with E-state index in [2.05, 4.69) is 5.32 Å². The van der Waals surface area contributed by atoms with Crippen molar-refractivity contribution in [2.24, 2.45) is 0 Å². The molecule has 0 atom stereocenters. The molecule has 2 aromatic carbocycles. The van der Waals surface area contributed by atoms with Gasteiger partial charge in [-0.25, -0.2) is 17.6 Å². The molecule has 0 unspecified atom stereocenters. The first kappa shape index (κ1) is 24.6. The van der Waals surface area contributed by atoms with Gasteiger partial charge in [0.05, 0.1) is 20.8 Å². The Morgan fingerprint density at radius 1 is 1.00 bits per heavy atom. The van der Waals surface area contributed by atoms with Gasteiger partial charge in [0.15, 0.2) is 0 Å². The predicted octanol–water partition coefficient (Wildman–Crippen LogP) is 2.33. The van der Waals surface area contributed by atoms with Gasteiger partial charge >= 0.3 is 6.03 Å². The van der Waals surface area contributed by atoms with Crippen LogP contribution >= 0.6 is 0 Å². The molecule has 1 heterocycles. The molecule has 1 aliphatic heterocycles. The van der Waals surface area contributed by atoms with Crippen LogP contribution in [-0.2, 0) is 10.0 Å². The lowest BCUT2D eigenvalue weighted by atomic mass is 10.3. The van der Waals surface area contributed by atoms with Crippen molar-refractivity contribution in [3.05, 3.63) is 48.3 Å². The summed E-state index contributed by atoms with van der Waals surface area (Å²) in [5.41, 5.74) is 0. The monoisotopic (exact) mass is 481 g/mol.